The number of alkyl halides is 3. The fraction of sp³-hybridized carbons (Fsp3) is 0.261. The number of rotatable bonds is 7. The van der Waals surface area contributed by atoms with Crippen LogP contribution in [0.15, 0.2) is 53.1 Å². The number of nitrogens with zero attached hydrogens (tertiary/aromatic N) is 2. The van der Waals surface area contributed by atoms with Crippen LogP contribution in [0.25, 0.3) is 11.3 Å². The second-order valence-electron chi connectivity index (χ2n) is 7.47. The average molecular weight is 480 g/mol. The maximum absolute atomic E-state index is 13.0. The zero-order valence-electron chi connectivity index (χ0n) is 17.9. The van der Waals surface area contributed by atoms with E-state index in [-0.39, 0.29) is 31.0 Å². The summed E-state index contributed by atoms with van der Waals surface area (Å²) in [5.74, 6) is -0.00427. The molecule has 2 amide bonds. The van der Waals surface area contributed by atoms with Gasteiger partial charge in [0, 0.05) is 31.1 Å². The summed E-state index contributed by atoms with van der Waals surface area (Å²) in [6.45, 7) is 1.65. The highest BCUT2D eigenvalue weighted by Crippen LogP contribution is 2.36. The lowest BCUT2D eigenvalue weighted by atomic mass is 10.1. The molecule has 174 valence electrons. The Kier molecular flexibility index (Phi) is 7.43. The van der Waals surface area contributed by atoms with E-state index in [1.807, 2.05) is 31.2 Å². The minimum atomic E-state index is -4.65. The summed E-state index contributed by atoms with van der Waals surface area (Å²) in [6.07, 6.45) is -2.77. The van der Waals surface area contributed by atoms with Crippen LogP contribution in [-0.2, 0) is 22.2 Å². The number of aryl methyl sites for hydroxylation is 2. The molecule has 33 heavy (non-hydrogen) atoms. The number of hydrogen-bond donors (Lipinski definition) is 1. The van der Waals surface area contributed by atoms with Gasteiger partial charge in [0.05, 0.1) is 23.3 Å². The van der Waals surface area contributed by atoms with Crippen molar-refractivity contribution < 1.29 is 27.2 Å². The molecular formula is C23H21ClF3N3O3. The number of aromatic nitrogens is 1. The molecule has 0 unspecified atom stereocenters. The Labute approximate surface area is 193 Å². The Bertz CT molecular complexity index is 1140. The molecule has 3 aromatic rings. The summed E-state index contributed by atoms with van der Waals surface area (Å²) in [4.78, 5) is 29.9. The molecule has 0 fully saturated rings. The molecule has 0 saturated carbocycles. The van der Waals surface area contributed by atoms with Crippen LogP contribution in [0.4, 0.5) is 18.9 Å². The lowest BCUT2D eigenvalue weighted by Crippen LogP contribution is -2.35. The molecule has 0 aliphatic carbocycles. The maximum Gasteiger partial charge on any atom is 0.417 e. The van der Waals surface area contributed by atoms with E-state index >= 15 is 0 Å². The van der Waals surface area contributed by atoms with Gasteiger partial charge < -0.3 is 14.6 Å². The van der Waals surface area contributed by atoms with Crippen LogP contribution < -0.4 is 5.32 Å². The van der Waals surface area contributed by atoms with Gasteiger partial charge in [-0.2, -0.15) is 13.2 Å². The van der Waals surface area contributed by atoms with Gasteiger partial charge in [0.15, 0.2) is 11.7 Å². The summed E-state index contributed by atoms with van der Waals surface area (Å²) in [6, 6.07) is 10.8. The summed E-state index contributed by atoms with van der Waals surface area (Å²) in [5.41, 5.74) is 0.867. The lowest BCUT2D eigenvalue weighted by molar-refractivity contribution is -0.137. The van der Waals surface area contributed by atoms with Crippen molar-refractivity contribution in [3.05, 3.63) is 70.7 Å². The monoisotopic (exact) mass is 479 g/mol. The van der Waals surface area contributed by atoms with Crippen molar-refractivity contribution >= 4 is 29.1 Å². The first-order chi connectivity index (χ1) is 15.5. The first-order valence-corrected chi connectivity index (χ1v) is 10.3. The maximum atomic E-state index is 13.0. The molecule has 0 saturated heterocycles. The highest BCUT2D eigenvalue weighted by molar-refractivity contribution is 6.31. The van der Waals surface area contributed by atoms with E-state index in [0.29, 0.717) is 11.7 Å². The molecule has 1 heterocycles. The number of nitrogens with one attached hydrogen (secondary N) is 1. The molecule has 3 rings (SSSR count). The smallest absolute Gasteiger partial charge is 0.417 e. The van der Waals surface area contributed by atoms with E-state index < -0.39 is 22.7 Å². The topological polar surface area (TPSA) is 75.4 Å². The predicted molar refractivity (Wildman–Crippen MR) is 118 cm³/mol. The number of halogens is 4. The van der Waals surface area contributed by atoms with Crippen LogP contribution in [-0.4, -0.2) is 35.3 Å². The Morgan fingerprint density at radius 2 is 1.85 bits per heavy atom. The zero-order valence-corrected chi connectivity index (χ0v) is 18.6. The van der Waals surface area contributed by atoms with Crippen molar-refractivity contribution in [1.29, 1.82) is 0 Å². The Morgan fingerprint density at radius 3 is 2.52 bits per heavy atom. The van der Waals surface area contributed by atoms with E-state index in [1.165, 1.54) is 18.0 Å². The number of likely N-dealkylation sites (N-methyl/N-ethyl adjacent to an activating group) is 1. The Hall–Kier alpha value is -3.33. The minimum absolute atomic E-state index is 0.0524. The number of hydrogen-bond acceptors (Lipinski definition) is 4. The molecule has 0 atom stereocenters. The predicted octanol–water partition coefficient (Wildman–Crippen LogP) is 5.35. The molecule has 1 aromatic heterocycles. The van der Waals surface area contributed by atoms with Gasteiger partial charge in [-0.25, -0.2) is 4.98 Å². The van der Waals surface area contributed by atoms with E-state index in [4.69, 9.17) is 16.0 Å². The minimum Gasteiger partial charge on any atom is -0.441 e. The summed E-state index contributed by atoms with van der Waals surface area (Å²) >= 11 is 5.57. The standard InChI is InChI=1S/C23H21ClF3N3O3/c1-14-3-5-15(6-4-14)19-12-28-21(33-19)9-10-22(32)30(2)13-20(31)29-16-7-8-18(24)17(11-16)23(25,26)27/h3-8,11-12H,9-10,13H2,1-2H3,(H,29,31). The van der Waals surface area contributed by atoms with Crippen molar-refractivity contribution in [3.63, 3.8) is 0 Å². The third-order valence-corrected chi connectivity index (χ3v) is 5.13. The van der Waals surface area contributed by atoms with Gasteiger partial charge in [0.1, 0.15) is 0 Å². The van der Waals surface area contributed by atoms with Gasteiger partial charge in [-0.3, -0.25) is 9.59 Å². The number of oxazole rings is 1. The number of benzene rings is 2. The lowest BCUT2D eigenvalue weighted by Gasteiger charge is -2.17. The normalized spacial score (nSPS) is 11.3. The van der Waals surface area contributed by atoms with Crippen LogP contribution in [0.2, 0.25) is 5.02 Å². The fourth-order valence-corrected chi connectivity index (χ4v) is 3.23. The Balaban J connectivity index is 1.52. The molecule has 0 bridgehead atoms. The SMILES string of the molecule is Cc1ccc(-c2cnc(CCC(=O)N(C)CC(=O)Nc3ccc(Cl)c(C(F)(F)F)c3)o2)cc1. The van der Waals surface area contributed by atoms with Crippen LogP contribution in [0.3, 0.4) is 0 Å². The second-order valence-corrected chi connectivity index (χ2v) is 7.88. The first kappa shape index (κ1) is 24.3. The van der Waals surface area contributed by atoms with Crippen molar-refractivity contribution in [2.24, 2.45) is 0 Å². The summed E-state index contributed by atoms with van der Waals surface area (Å²) in [5, 5.41) is 1.88. The third kappa shape index (κ3) is 6.58. The Morgan fingerprint density at radius 1 is 1.15 bits per heavy atom. The average Bonchev–Trinajstić information content (AvgIpc) is 3.22. The van der Waals surface area contributed by atoms with Gasteiger partial charge in [-0.1, -0.05) is 41.4 Å². The molecule has 10 heteroatoms. The molecule has 1 N–H and O–H groups in total. The number of carbonyl (C=O) groups is 2. The van der Waals surface area contributed by atoms with Crippen LogP contribution >= 0.6 is 11.6 Å². The van der Waals surface area contributed by atoms with Crippen molar-refractivity contribution in [1.82, 2.24) is 9.88 Å². The van der Waals surface area contributed by atoms with Crippen LogP contribution in [0, 0.1) is 6.92 Å². The van der Waals surface area contributed by atoms with E-state index in [2.05, 4.69) is 10.3 Å². The van der Waals surface area contributed by atoms with Gasteiger partial charge in [-0.15, -0.1) is 0 Å². The largest absolute Gasteiger partial charge is 0.441 e. The fourth-order valence-electron chi connectivity index (χ4n) is 3.01. The summed E-state index contributed by atoms with van der Waals surface area (Å²) < 4.78 is 44.6. The van der Waals surface area contributed by atoms with Gasteiger partial charge in [-0.05, 0) is 25.1 Å². The first-order valence-electron chi connectivity index (χ1n) is 9.95. The zero-order chi connectivity index (χ0) is 24.2. The number of amides is 2. The number of anilines is 1. The number of carbonyl (C=O) groups excluding carboxylic acids is 2. The molecule has 6 nitrogen and oxygen atoms in total. The van der Waals surface area contributed by atoms with Crippen LogP contribution in [0.1, 0.15) is 23.4 Å². The van der Waals surface area contributed by atoms with E-state index in [0.717, 1.165) is 23.3 Å². The van der Waals surface area contributed by atoms with Gasteiger partial charge >= 0.3 is 6.18 Å². The molecule has 0 radical (unpaired) electrons. The molecule has 0 aliphatic rings. The third-order valence-electron chi connectivity index (χ3n) is 4.80. The van der Waals surface area contributed by atoms with Crippen LogP contribution in [0.5, 0.6) is 0 Å². The second kappa shape index (κ2) is 10.1. The highest BCUT2D eigenvalue weighted by atomic mass is 35.5. The summed E-state index contributed by atoms with van der Waals surface area (Å²) in [7, 11) is 1.43. The van der Waals surface area contributed by atoms with Crippen molar-refractivity contribution in [2.45, 2.75) is 25.9 Å². The van der Waals surface area contributed by atoms with Gasteiger partial charge in [0.2, 0.25) is 11.8 Å². The quantitative estimate of drug-likeness (QED) is 0.495. The van der Waals surface area contributed by atoms with Crippen molar-refractivity contribution in [2.75, 3.05) is 18.9 Å². The van der Waals surface area contributed by atoms with E-state index in [9.17, 15) is 22.8 Å². The van der Waals surface area contributed by atoms with Gasteiger partial charge in [0.25, 0.3) is 0 Å². The molecule has 0 spiro atoms. The molecule has 2 aromatic carbocycles. The van der Waals surface area contributed by atoms with Crippen molar-refractivity contribution in [3.8, 4) is 11.3 Å². The molecule has 0 aliphatic heterocycles. The highest BCUT2D eigenvalue weighted by Gasteiger charge is 2.33. The molecular weight excluding hydrogens is 459 g/mol. The van der Waals surface area contributed by atoms with E-state index in [1.54, 1.807) is 6.20 Å².